The van der Waals surface area contributed by atoms with Gasteiger partial charge in [-0.15, -0.1) is 0 Å². The monoisotopic (exact) mass is 256 g/mol. The van der Waals surface area contributed by atoms with Crippen LogP contribution in [-0.2, 0) is 14.3 Å². The number of hydrogen-bond donors (Lipinski definition) is 0. The van der Waals surface area contributed by atoms with E-state index in [4.69, 9.17) is 9.47 Å². The van der Waals surface area contributed by atoms with Gasteiger partial charge >= 0.3 is 12.1 Å². The molecule has 1 atom stereocenters. The van der Waals surface area contributed by atoms with Gasteiger partial charge < -0.3 is 9.47 Å². The summed E-state index contributed by atoms with van der Waals surface area (Å²) in [6.45, 7) is 5.93. The molecule has 0 aliphatic carbocycles. The third-order valence-corrected chi connectivity index (χ3v) is 2.51. The van der Waals surface area contributed by atoms with E-state index in [-0.39, 0.29) is 12.2 Å². The first-order valence-corrected chi connectivity index (χ1v) is 6.36. The molecule has 0 aromatic heterocycles. The van der Waals surface area contributed by atoms with E-state index in [9.17, 15) is 9.59 Å². The summed E-state index contributed by atoms with van der Waals surface area (Å²) in [5, 5.41) is 0. The molecule has 3 radical (unpaired) electrons. The molecule has 0 N–H and O–H groups in total. The van der Waals surface area contributed by atoms with Crippen LogP contribution in [0, 0.1) is 0 Å². The van der Waals surface area contributed by atoms with Crippen LogP contribution in [0.25, 0.3) is 0 Å². The van der Waals surface area contributed by atoms with Crippen molar-refractivity contribution in [2.75, 3.05) is 12.8 Å². The summed E-state index contributed by atoms with van der Waals surface area (Å²) in [5.41, 5.74) is -0.552. The molecule has 1 heterocycles. The van der Waals surface area contributed by atoms with Gasteiger partial charge in [-0.05, 0) is 33.6 Å². The van der Waals surface area contributed by atoms with E-state index >= 15 is 0 Å². The van der Waals surface area contributed by atoms with Crippen molar-refractivity contribution in [1.29, 1.82) is 0 Å². The molecule has 1 aliphatic rings. The molecular weight excluding hydrogens is 238 g/mol. The van der Waals surface area contributed by atoms with Crippen LogP contribution in [0.15, 0.2) is 0 Å². The van der Waals surface area contributed by atoms with Gasteiger partial charge in [0.1, 0.15) is 11.6 Å². The van der Waals surface area contributed by atoms with Crippen LogP contribution in [0.2, 0.25) is 0 Å². The van der Waals surface area contributed by atoms with Crippen molar-refractivity contribution in [3.05, 3.63) is 0 Å². The Morgan fingerprint density at radius 1 is 1.41 bits per heavy atom. The molecule has 6 heteroatoms. The number of carbonyl (C=O) groups is 2. The van der Waals surface area contributed by atoms with Gasteiger partial charge in [0.15, 0.2) is 0 Å². The quantitative estimate of drug-likeness (QED) is 0.547. The minimum Gasteiger partial charge on any atom is -0.469 e. The Kier molecular flexibility index (Phi) is 4.56. The topological polar surface area (TPSA) is 55.8 Å². The van der Waals surface area contributed by atoms with Crippen molar-refractivity contribution in [3.63, 3.8) is 0 Å². The molecule has 1 aliphatic heterocycles. The Morgan fingerprint density at radius 2 is 2.06 bits per heavy atom. The molecular formula is C11H18NO4Si. The number of amides is 1. The summed E-state index contributed by atoms with van der Waals surface area (Å²) >= 11 is 0. The highest BCUT2D eigenvalue weighted by Crippen LogP contribution is 2.21. The number of carbonyl (C=O) groups excluding carboxylic acids is 2. The Bertz CT molecular complexity index is 300. The fourth-order valence-electron chi connectivity index (χ4n) is 1.72. The van der Waals surface area contributed by atoms with Gasteiger partial charge in [0.05, 0.1) is 16.5 Å². The molecule has 1 rings (SSSR count). The zero-order valence-electron chi connectivity index (χ0n) is 10.5. The van der Waals surface area contributed by atoms with Crippen LogP contribution in [0.5, 0.6) is 0 Å². The molecule has 17 heavy (non-hydrogen) atoms. The molecule has 0 aromatic rings. The van der Waals surface area contributed by atoms with Crippen molar-refractivity contribution < 1.29 is 19.1 Å². The predicted octanol–water partition coefficient (Wildman–Crippen LogP) is 1.06. The molecule has 95 valence electrons. The zero-order valence-corrected chi connectivity index (χ0v) is 11.5. The third-order valence-electron chi connectivity index (χ3n) is 2.37. The lowest BCUT2D eigenvalue weighted by Gasteiger charge is -2.27. The Labute approximate surface area is 105 Å². The summed E-state index contributed by atoms with van der Waals surface area (Å²) in [7, 11) is 3.07. The number of likely N-dealkylation sites (tertiary alicyclic amines) is 1. The van der Waals surface area contributed by atoms with Crippen molar-refractivity contribution in [2.24, 2.45) is 0 Å². The minimum absolute atomic E-state index is 0.136. The SMILES string of the molecule is CC(C)(C)OC(=O)N1CCCC1C(=O)OC[Si]. The molecule has 1 saturated heterocycles. The van der Waals surface area contributed by atoms with Crippen LogP contribution in [0.3, 0.4) is 0 Å². The van der Waals surface area contributed by atoms with E-state index in [2.05, 4.69) is 10.2 Å². The average molecular weight is 256 g/mol. The summed E-state index contributed by atoms with van der Waals surface area (Å²) in [4.78, 5) is 24.9. The Hall–Kier alpha value is -1.04. The molecule has 1 amide bonds. The summed E-state index contributed by atoms with van der Waals surface area (Å²) in [5.74, 6) is -0.386. The van der Waals surface area contributed by atoms with Gasteiger partial charge in [0.25, 0.3) is 0 Å². The summed E-state index contributed by atoms with van der Waals surface area (Å²) in [6, 6.07) is -0.513. The standard InChI is InChI=1S/C11H18NO4Si/c1-11(2,3)16-10(14)12-6-4-5-8(12)9(13)15-7-17/h8H,4-7H2,1-3H3. The predicted molar refractivity (Wildman–Crippen MR) is 62.7 cm³/mol. The second-order valence-corrected chi connectivity index (χ2v) is 5.23. The first-order chi connectivity index (χ1) is 7.85. The molecule has 0 bridgehead atoms. The number of hydrogen-bond acceptors (Lipinski definition) is 4. The lowest BCUT2D eigenvalue weighted by Crippen LogP contribution is -2.44. The maximum Gasteiger partial charge on any atom is 0.411 e. The van der Waals surface area contributed by atoms with Gasteiger partial charge in [0.2, 0.25) is 0 Å². The first-order valence-electron chi connectivity index (χ1n) is 5.66. The largest absolute Gasteiger partial charge is 0.469 e. The fourth-order valence-corrected chi connectivity index (χ4v) is 1.86. The van der Waals surface area contributed by atoms with Gasteiger partial charge in [-0.1, -0.05) is 0 Å². The maximum atomic E-state index is 11.9. The number of nitrogens with zero attached hydrogens (tertiary/aromatic N) is 1. The van der Waals surface area contributed by atoms with E-state index in [1.54, 1.807) is 20.8 Å². The van der Waals surface area contributed by atoms with E-state index in [1.165, 1.54) is 4.90 Å². The number of esters is 1. The van der Waals surface area contributed by atoms with E-state index < -0.39 is 17.7 Å². The van der Waals surface area contributed by atoms with Gasteiger partial charge in [0, 0.05) is 6.54 Å². The van der Waals surface area contributed by atoms with Crippen molar-refractivity contribution >= 4 is 22.3 Å². The van der Waals surface area contributed by atoms with Gasteiger partial charge in [-0.3, -0.25) is 4.90 Å². The zero-order chi connectivity index (χ0) is 13.1. The van der Waals surface area contributed by atoms with Crippen LogP contribution < -0.4 is 0 Å². The Morgan fingerprint density at radius 3 is 2.59 bits per heavy atom. The lowest BCUT2D eigenvalue weighted by molar-refractivity contribution is -0.146. The number of rotatable bonds is 2. The fraction of sp³-hybridized carbons (Fsp3) is 0.818. The highest BCUT2D eigenvalue weighted by molar-refractivity contribution is 6.08. The second kappa shape index (κ2) is 5.53. The molecule has 0 aromatic carbocycles. The first kappa shape index (κ1) is 14.0. The average Bonchev–Trinajstić information content (AvgIpc) is 2.63. The third kappa shape index (κ3) is 4.03. The van der Waals surface area contributed by atoms with Crippen LogP contribution >= 0.6 is 0 Å². The smallest absolute Gasteiger partial charge is 0.411 e. The highest BCUT2D eigenvalue weighted by Gasteiger charge is 2.37. The van der Waals surface area contributed by atoms with Gasteiger partial charge in [-0.25, -0.2) is 9.59 Å². The summed E-state index contributed by atoms with van der Waals surface area (Å²) in [6.07, 6.45) is 1.11. The van der Waals surface area contributed by atoms with E-state index in [0.717, 1.165) is 6.42 Å². The van der Waals surface area contributed by atoms with Crippen molar-refractivity contribution in [3.8, 4) is 0 Å². The molecule has 5 nitrogen and oxygen atoms in total. The molecule has 1 unspecified atom stereocenters. The van der Waals surface area contributed by atoms with Crippen LogP contribution in [-0.4, -0.2) is 51.6 Å². The van der Waals surface area contributed by atoms with Crippen molar-refractivity contribution in [1.82, 2.24) is 4.90 Å². The summed E-state index contributed by atoms with van der Waals surface area (Å²) < 4.78 is 10.1. The maximum absolute atomic E-state index is 11.9. The van der Waals surface area contributed by atoms with E-state index in [1.807, 2.05) is 0 Å². The minimum atomic E-state index is -0.552. The van der Waals surface area contributed by atoms with Gasteiger partial charge in [-0.2, -0.15) is 0 Å². The van der Waals surface area contributed by atoms with Crippen LogP contribution in [0.4, 0.5) is 4.79 Å². The highest BCUT2D eigenvalue weighted by atomic mass is 28.1. The van der Waals surface area contributed by atoms with E-state index in [0.29, 0.717) is 13.0 Å². The molecule has 0 spiro atoms. The number of ether oxygens (including phenoxy) is 2. The lowest BCUT2D eigenvalue weighted by atomic mass is 10.2. The molecule has 1 fully saturated rings. The van der Waals surface area contributed by atoms with Crippen molar-refractivity contribution in [2.45, 2.75) is 45.3 Å². The Balaban J connectivity index is 2.63. The van der Waals surface area contributed by atoms with Crippen LogP contribution in [0.1, 0.15) is 33.6 Å². The molecule has 0 saturated carbocycles. The normalized spacial score (nSPS) is 20.2. The second-order valence-electron chi connectivity index (χ2n) is 4.94.